The number of hydrogen-bond acceptors (Lipinski definition) is 1. The molecule has 0 amide bonds. The molecule has 0 aromatic carbocycles. The topological polar surface area (TPSA) is 17.3 Å². The van der Waals surface area contributed by atoms with Crippen LogP contribution < -0.4 is 0 Å². The van der Waals surface area contributed by atoms with Crippen LogP contribution in [0.15, 0.2) is 18.3 Å². The maximum atomic E-state index is 4.85. The standard InChI is InChI=1S/C16H22N2/c1-11-6-7-13-17-12-8-15(2,3)10-16(4,5)14(12)18(13)9-11/h6-7,9H,8,10H2,1-5H3. The van der Waals surface area contributed by atoms with E-state index in [4.69, 9.17) is 4.98 Å². The Morgan fingerprint density at radius 1 is 1.17 bits per heavy atom. The molecule has 2 aromatic rings. The van der Waals surface area contributed by atoms with Crippen LogP contribution in [0.2, 0.25) is 0 Å². The summed E-state index contributed by atoms with van der Waals surface area (Å²) in [5, 5.41) is 0. The molecule has 18 heavy (non-hydrogen) atoms. The summed E-state index contributed by atoms with van der Waals surface area (Å²) < 4.78 is 2.31. The molecule has 2 heteroatoms. The second-order valence-electron chi connectivity index (χ2n) is 7.24. The summed E-state index contributed by atoms with van der Waals surface area (Å²) in [4.78, 5) is 4.85. The molecule has 1 aliphatic rings. The van der Waals surface area contributed by atoms with Gasteiger partial charge in [0.05, 0.1) is 11.4 Å². The summed E-state index contributed by atoms with van der Waals surface area (Å²) in [6.07, 6.45) is 4.53. The lowest BCUT2D eigenvalue weighted by Crippen LogP contribution is -2.35. The molecule has 1 aliphatic carbocycles. The fourth-order valence-corrected chi connectivity index (χ4v) is 3.84. The summed E-state index contributed by atoms with van der Waals surface area (Å²) in [6.45, 7) is 11.6. The normalized spacial score (nSPS) is 20.9. The average Bonchev–Trinajstić information content (AvgIpc) is 2.51. The molecule has 0 spiro atoms. The SMILES string of the molecule is Cc1ccc2nc3c(n2c1)C(C)(C)CC(C)(C)C3. The number of aromatic nitrogens is 2. The van der Waals surface area contributed by atoms with Crippen LogP contribution in [-0.4, -0.2) is 9.38 Å². The summed E-state index contributed by atoms with van der Waals surface area (Å²) in [7, 11) is 0. The Balaban J connectivity index is 2.32. The molecule has 2 aromatic heterocycles. The van der Waals surface area contributed by atoms with Gasteiger partial charge in [-0.05, 0) is 36.8 Å². The van der Waals surface area contributed by atoms with Crippen molar-refractivity contribution in [2.24, 2.45) is 5.41 Å². The van der Waals surface area contributed by atoms with E-state index in [1.165, 1.54) is 23.4 Å². The maximum Gasteiger partial charge on any atom is 0.137 e. The predicted octanol–water partition coefficient (Wildman–Crippen LogP) is 3.89. The number of rotatable bonds is 0. The predicted molar refractivity (Wildman–Crippen MR) is 75.1 cm³/mol. The lowest BCUT2D eigenvalue weighted by atomic mass is 9.66. The van der Waals surface area contributed by atoms with Crippen molar-refractivity contribution in [1.29, 1.82) is 0 Å². The molecular weight excluding hydrogens is 220 g/mol. The first-order valence-corrected chi connectivity index (χ1v) is 6.77. The highest BCUT2D eigenvalue weighted by molar-refractivity contribution is 5.47. The molecule has 0 saturated heterocycles. The number of pyridine rings is 1. The van der Waals surface area contributed by atoms with Crippen LogP contribution in [-0.2, 0) is 11.8 Å². The van der Waals surface area contributed by atoms with E-state index in [1.807, 2.05) is 0 Å². The smallest absolute Gasteiger partial charge is 0.137 e. The van der Waals surface area contributed by atoms with E-state index in [0.717, 1.165) is 12.1 Å². The van der Waals surface area contributed by atoms with Crippen LogP contribution in [0.1, 0.15) is 51.1 Å². The number of hydrogen-bond donors (Lipinski definition) is 0. The maximum absolute atomic E-state index is 4.85. The largest absolute Gasteiger partial charge is 0.303 e. The van der Waals surface area contributed by atoms with Crippen LogP contribution in [0.4, 0.5) is 0 Å². The first-order valence-electron chi connectivity index (χ1n) is 6.77. The van der Waals surface area contributed by atoms with Crippen LogP contribution in [0, 0.1) is 12.3 Å². The van der Waals surface area contributed by atoms with Gasteiger partial charge in [0.15, 0.2) is 0 Å². The minimum atomic E-state index is 0.199. The van der Waals surface area contributed by atoms with E-state index in [2.05, 4.69) is 57.3 Å². The molecule has 2 nitrogen and oxygen atoms in total. The van der Waals surface area contributed by atoms with Gasteiger partial charge in [-0.15, -0.1) is 0 Å². The zero-order valence-corrected chi connectivity index (χ0v) is 12.0. The van der Waals surface area contributed by atoms with Gasteiger partial charge in [-0.2, -0.15) is 0 Å². The molecule has 0 unspecified atom stereocenters. The van der Waals surface area contributed by atoms with Crippen molar-refractivity contribution >= 4 is 5.65 Å². The first kappa shape index (κ1) is 11.8. The van der Waals surface area contributed by atoms with E-state index in [9.17, 15) is 0 Å². The van der Waals surface area contributed by atoms with Crippen molar-refractivity contribution < 1.29 is 0 Å². The molecule has 3 rings (SSSR count). The Labute approximate surface area is 109 Å². The number of fused-ring (bicyclic) bond motifs is 3. The van der Waals surface area contributed by atoms with Crippen molar-refractivity contribution in [3.8, 4) is 0 Å². The van der Waals surface area contributed by atoms with E-state index in [-0.39, 0.29) is 5.41 Å². The molecule has 0 bridgehead atoms. The van der Waals surface area contributed by atoms with Crippen molar-refractivity contribution in [2.75, 3.05) is 0 Å². The zero-order chi connectivity index (χ0) is 13.1. The van der Waals surface area contributed by atoms with E-state index < -0.39 is 0 Å². The quantitative estimate of drug-likeness (QED) is 0.685. The molecule has 2 heterocycles. The van der Waals surface area contributed by atoms with E-state index in [0.29, 0.717) is 5.41 Å². The van der Waals surface area contributed by atoms with Gasteiger partial charge in [0.1, 0.15) is 5.65 Å². The van der Waals surface area contributed by atoms with Crippen molar-refractivity contribution in [3.05, 3.63) is 35.3 Å². The average molecular weight is 242 g/mol. The fraction of sp³-hybridized carbons (Fsp3) is 0.562. The van der Waals surface area contributed by atoms with Gasteiger partial charge in [-0.1, -0.05) is 33.8 Å². The molecular formula is C16H22N2. The third-order valence-corrected chi connectivity index (χ3v) is 4.05. The highest BCUT2D eigenvalue weighted by Gasteiger charge is 2.40. The van der Waals surface area contributed by atoms with E-state index in [1.54, 1.807) is 0 Å². The fourth-order valence-electron chi connectivity index (χ4n) is 3.84. The van der Waals surface area contributed by atoms with Gasteiger partial charge < -0.3 is 4.40 Å². The molecule has 0 radical (unpaired) electrons. The van der Waals surface area contributed by atoms with Gasteiger partial charge in [0.2, 0.25) is 0 Å². The Morgan fingerprint density at radius 2 is 1.89 bits per heavy atom. The minimum Gasteiger partial charge on any atom is -0.303 e. The molecule has 0 aliphatic heterocycles. The summed E-state index contributed by atoms with van der Waals surface area (Å²) in [6, 6.07) is 4.28. The summed E-state index contributed by atoms with van der Waals surface area (Å²) >= 11 is 0. The van der Waals surface area contributed by atoms with E-state index >= 15 is 0 Å². The Bertz CT molecular complexity index is 617. The highest BCUT2D eigenvalue weighted by atomic mass is 15.0. The monoisotopic (exact) mass is 242 g/mol. The third kappa shape index (κ3) is 1.66. The third-order valence-electron chi connectivity index (χ3n) is 4.05. The van der Waals surface area contributed by atoms with Gasteiger partial charge in [0, 0.05) is 11.6 Å². The van der Waals surface area contributed by atoms with Crippen LogP contribution in [0.3, 0.4) is 0 Å². The second kappa shape index (κ2) is 3.37. The van der Waals surface area contributed by atoms with Crippen molar-refractivity contribution in [1.82, 2.24) is 9.38 Å². The van der Waals surface area contributed by atoms with Crippen LogP contribution in [0.25, 0.3) is 5.65 Å². The molecule has 96 valence electrons. The first-order chi connectivity index (χ1) is 8.28. The Kier molecular flexibility index (Phi) is 2.20. The lowest BCUT2D eigenvalue weighted by Gasteiger charge is -2.40. The van der Waals surface area contributed by atoms with Crippen LogP contribution in [0.5, 0.6) is 0 Å². The second-order valence-corrected chi connectivity index (χ2v) is 7.24. The van der Waals surface area contributed by atoms with Gasteiger partial charge in [0.25, 0.3) is 0 Å². The van der Waals surface area contributed by atoms with Gasteiger partial charge in [-0.25, -0.2) is 4.98 Å². The summed E-state index contributed by atoms with van der Waals surface area (Å²) in [5.74, 6) is 0. The molecule has 0 saturated carbocycles. The summed E-state index contributed by atoms with van der Waals surface area (Å²) in [5.41, 5.74) is 5.65. The van der Waals surface area contributed by atoms with Crippen LogP contribution >= 0.6 is 0 Å². The molecule has 0 N–H and O–H groups in total. The molecule has 0 atom stereocenters. The Morgan fingerprint density at radius 3 is 2.61 bits per heavy atom. The highest BCUT2D eigenvalue weighted by Crippen LogP contribution is 2.45. The minimum absolute atomic E-state index is 0.199. The van der Waals surface area contributed by atoms with Gasteiger partial charge in [-0.3, -0.25) is 0 Å². The number of aryl methyl sites for hydroxylation is 1. The Hall–Kier alpha value is -1.31. The van der Waals surface area contributed by atoms with Crippen molar-refractivity contribution in [2.45, 2.75) is 52.9 Å². The molecule has 0 fully saturated rings. The van der Waals surface area contributed by atoms with Crippen molar-refractivity contribution in [3.63, 3.8) is 0 Å². The zero-order valence-electron chi connectivity index (χ0n) is 12.0. The van der Waals surface area contributed by atoms with Gasteiger partial charge >= 0.3 is 0 Å². The number of nitrogens with zero attached hydrogens (tertiary/aromatic N) is 2. The lowest BCUT2D eigenvalue weighted by molar-refractivity contribution is 0.224. The number of imidazole rings is 1.